The number of rotatable bonds is 7. The summed E-state index contributed by atoms with van der Waals surface area (Å²) in [6.07, 6.45) is 0.808. The van der Waals surface area contributed by atoms with Crippen molar-refractivity contribution in [2.24, 2.45) is 5.73 Å². The van der Waals surface area contributed by atoms with Crippen LogP contribution in [0, 0.1) is 0 Å². The lowest BCUT2D eigenvalue weighted by atomic mass is 10.1. The van der Waals surface area contributed by atoms with Gasteiger partial charge in [-0.25, -0.2) is 0 Å². The van der Waals surface area contributed by atoms with Crippen LogP contribution < -0.4 is 15.2 Å². The Morgan fingerprint density at radius 2 is 2.11 bits per heavy atom. The molecule has 0 aliphatic rings. The second-order valence-electron chi connectivity index (χ2n) is 3.60. The largest absolute Gasteiger partial charge is 0.490 e. The maximum atomic E-state index is 5.77. The molecule has 1 aromatic carbocycles. The summed E-state index contributed by atoms with van der Waals surface area (Å²) in [6, 6.07) is 5.75. The highest BCUT2D eigenvalue weighted by Crippen LogP contribution is 2.29. The number of benzene rings is 1. The van der Waals surface area contributed by atoms with Gasteiger partial charge in [-0.1, -0.05) is 29.3 Å². The van der Waals surface area contributed by atoms with Crippen molar-refractivity contribution in [1.29, 1.82) is 0 Å². The van der Waals surface area contributed by atoms with Gasteiger partial charge in [0.05, 0.1) is 11.6 Å². The predicted octanol–water partition coefficient (Wildman–Crippen LogP) is 3.28. The Kier molecular flexibility index (Phi) is 6.94. The van der Waals surface area contributed by atoms with Crippen LogP contribution in [0.4, 0.5) is 0 Å². The SMILES string of the molecule is CCOc1cc(CCN)ccc1OCC(Cl)=CCl. The Morgan fingerprint density at radius 3 is 2.72 bits per heavy atom. The minimum absolute atomic E-state index is 0.224. The van der Waals surface area contributed by atoms with Gasteiger partial charge in [-0.3, -0.25) is 0 Å². The van der Waals surface area contributed by atoms with Gasteiger partial charge >= 0.3 is 0 Å². The lowest BCUT2D eigenvalue weighted by molar-refractivity contribution is 0.295. The molecule has 0 fully saturated rings. The molecule has 0 heterocycles. The molecule has 0 aromatic heterocycles. The second kappa shape index (κ2) is 8.25. The van der Waals surface area contributed by atoms with E-state index in [9.17, 15) is 0 Å². The van der Waals surface area contributed by atoms with Crippen LogP contribution in [0.2, 0.25) is 0 Å². The van der Waals surface area contributed by atoms with Gasteiger partial charge in [-0.15, -0.1) is 0 Å². The van der Waals surface area contributed by atoms with Crippen molar-refractivity contribution in [1.82, 2.24) is 0 Å². The quantitative estimate of drug-likeness (QED) is 0.838. The van der Waals surface area contributed by atoms with Gasteiger partial charge in [0.1, 0.15) is 6.61 Å². The van der Waals surface area contributed by atoms with Crippen LogP contribution in [0.3, 0.4) is 0 Å². The van der Waals surface area contributed by atoms with E-state index in [1.165, 1.54) is 5.54 Å². The average molecular weight is 290 g/mol. The summed E-state index contributed by atoms with van der Waals surface area (Å²) in [5.41, 5.74) is 7.93. The molecule has 0 bridgehead atoms. The zero-order chi connectivity index (χ0) is 13.4. The van der Waals surface area contributed by atoms with Crippen LogP contribution in [-0.2, 0) is 6.42 Å². The molecule has 3 nitrogen and oxygen atoms in total. The van der Waals surface area contributed by atoms with E-state index in [1.54, 1.807) is 0 Å². The minimum Gasteiger partial charge on any atom is -0.490 e. The molecule has 0 amide bonds. The van der Waals surface area contributed by atoms with Crippen LogP contribution in [0.1, 0.15) is 12.5 Å². The van der Waals surface area contributed by atoms with Gasteiger partial charge in [-0.05, 0) is 37.6 Å². The lowest BCUT2D eigenvalue weighted by Crippen LogP contribution is -2.05. The Morgan fingerprint density at radius 1 is 1.33 bits per heavy atom. The third-order valence-electron chi connectivity index (χ3n) is 2.22. The number of hydrogen-bond donors (Lipinski definition) is 1. The standard InChI is InChI=1S/C13H17Cl2NO2/c1-2-17-13-7-10(5-6-16)3-4-12(13)18-9-11(15)8-14/h3-4,7-8H,2,5-6,9,16H2,1H3. The van der Waals surface area contributed by atoms with E-state index in [4.69, 9.17) is 38.4 Å². The first-order chi connectivity index (χ1) is 8.71. The molecule has 1 aromatic rings. The van der Waals surface area contributed by atoms with Crippen LogP contribution >= 0.6 is 23.2 Å². The summed E-state index contributed by atoms with van der Waals surface area (Å²) in [7, 11) is 0. The van der Waals surface area contributed by atoms with Gasteiger partial charge in [0.2, 0.25) is 0 Å². The fourth-order valence-electron chi connectivity index (χ4n) is 1.44. The molecule has 2 N–H and O–H groups in total. The fraction of sp³-hybridized carbons (Fsp3) is 0.385. The van der Waals surface area contributed by atoms with E-state index < -0.39 is 0 Å². The van der Waals surface area contributed by atoms with Gasteiger partial charge in [0, 0.05) is 5.54 Å². The molecule has 5 heteroatoms. The molecule has 0 atom stereocenters. The maximum Gasteiger partial charge on any atom is 0.161 e. The van der Waals surface area contributed by atoms with Crippen molar-refractivity contribution in [3.63, 3.8) is 0 Å². The molecule has 0 aliphatic heterocycles. The van der Waals surface area contributed by atoms with Crippen molar-refractivity contribution in [2.45, 2.75) is 13.3 Å². The summed E-state index contributed by atoms with van der Waals surface area (Å²) < 4.78 is 11.1. The highest BCUT2D eigenvalue weighted by Gasteiger charge is 2.07. The Balaban J connectivity index is 2.82. The highest BCUT2D eigenvalue weighted by atomic mass is 35.5. The van der Waals surface area contributed by atoms with Crippen LogP contribution in [0.15, 0.2) is 28.8 Å². The number of halogens is 2. The second-order valence-corrected chi connectivity index (χ2v) is 4.30. The minimum atomic E-state index is 0.224. The molecule has 100 valence electrons. The van der Waals surface area contributed by atoms with Gasteiger partial charge in [0.15, 0.2) is 11.5 Å². The monoisotopic (exact) mass is 289 g/mol. The molecular formula is C13H17Cl2NO2. The van der Waals surface area contributed by atoms with E-state index in [0.717, 1.165) is 12.0 Å². The predicted molar refractivity (Wildman–Crippen MR) is 75.7 cm³/mol. The van der Waals surface area contributed by atoms with Crippen LogP contribution in [0.5, 0.6) is 11.5 Å². The van der Waals surface area contributed by atoms with Crippen molar-refractivity contribution < 1.29 is 9.47 Å². The fourth-order valence-corrected chi connectivity index (χ4v) is 1.56. The Hall–Kier alpha value is -0.900. The summed E-state index contributed by atoms with van der Waals surface area (Å²) in [4.78, 5) is 0. The van der Waals surface area contributed by atoms with Crippen LogP contribution in [-0.4, -0.2) is 19.8 Å². The zero-order valence-corrected chi connectivity index (χ0v) is 11.8. The number of nitrogens with two attached hydrogens (primary N) is 1. The zero-order valence-electron chi connectivity index (χ0n) is 10.3. The summed E-state index contributed by atoms with van der Waals surface area (Å²) in [6.45, 7) is 3.32. The summed E-state index contributed by atoms with van der Waals surface area (Å²) >= 11 is 11.2. The van der Waals surface area contributed by atoms with E-state index >= 15 is 0 Å². The molecule has 0 unspecified atom stereocenters. The van der Waals surface area contributed by atoms with Gasteiger partial charge < -0.3 is 15.2 Å². The topological polar surface area (TPSA) is 44.5 Å². The first-order valence-corrected chi connectivity index (χ1v) is 6.56. The summed E-state index contributed by atoms with van der Waals surface area (Å²) in [5.74, 6) is 1.34. The molecular weight excluding hydrogens is 273 g/mol. The third kappa shape index (κ3) is 4.77. The molecule has 0 saturated heterocycles. The molecule has 0 saturated carbocycles. The van der Waals surface area contributed by atoms with Crippen LogP contribution in [0.25, 0.3) is 0 Å². The van der Waals surface area contributed by atoms with Gasteiger partial charge in [0.25, 0.3) is 0 Å². The summed E-state index contributed by atoms with van der Waals surface area (Å²) in [5, 5.41) is 0.435. The smallest absolute Gasteiger partial charge is 0.161 e. The first kappa shape index (κ1) is 15.2. The molecule has 18 heavy (non-hydrogen) atoms. The Labute approximate surface area is 117 Å². The van der Waals surface area contributed by atoms with E-state index in [1.807, 2.05) is 25.1 Å². The molecule has 0 spiro atoms. The van der Waals surface area contributed by atoms with Crippen molar-refractivity contribution in [3.8, 4) is 11.5 Å². The Bertz CT molecular complexity index is 408. The normalized spacial score (nSPS) is 11.4. The van der Waals surface area contributed by atoms with Crippen molar-refractivity contribution in [2.75, 3.05) is 19.8 Å². The van der Waals surface area contributed by atoms with E-state index in [-0.39, 0.29) is 6.61 Å². The first-order valence-electron chi connectivity index (χ1n) is 5.74. The molecule has 1 rings (SSSR count). The van der Waals surface area contributed by atoms with E-state index in [2.05, 4.69) is 0 Å². The van der Waals surface area contributed by atoms with E-state index in [0.29, 0.717) is 29.7 Å². The van der Waals surface area contributed by atoms with Crippen molar-refractivity contribution >= 4 is 23.2 Å². The number of hydrogen-bond acceptors (Lipinski definition) is 3. The van der Waals surface area contributed by atoms with Crippen molar-refractivity contribution in [3.05, 3.63) is 34.3 Å². The molecule has 0 aliphatic carbocycles. The van der Waals surface area contributed by atoms with Gasteiger partial charge in [-0.2, -0.15) is 0 Å². The third-order valence-corrected chi connectivity index (χ3v) is 2.82. The maximum absolute atomic E-state index is 5.77. The highest BCUT2D eigenvalue weighted by molar-refractivity contribution is 6.36. The molecule has 0 radical (unpaired) electrons. The lowest BCUT2D eigenvalue weighted by Gasteiger charge is -2.12. The number of ether oxygens (including phenoxy) is 2. The average Bonchev–Trinajstić information content (AvgIpc) is 2.38.